The number of nitrogens with zero attached hydrogens (tertiary/aromatic N) is 2. The number of hydrogen-bond donors (Lipinski definition) is 2. The lowest BCUT2D eigenvalue weighted by molar-refractivity contribution is 0.0947. The highest BCUT2D eigenvalue weighted by molar-refractivity contribution is 5.98. The van der Waals surface area contributed by atoms with Crippen LogP contribution in [0.5, 0.6) is 0 Å². The number of anilines is 1. The summed E-state index contributed by atoms with van der Waals surface area (Å²) in [6, 6.07) is 2.86. The second kappa shape index (κ2) is 6.14. The smallest absolute Gasteiger partial charge is 0.255 e. The number of halogens is 1. The first-order chi connectivity index (χ1) is 9.60. The van der Waals surface area contributed by atoms with E-state index < -0.39 is 11.7 Å². The largest absolute Gasteiger partial charge is 0.370 e. The molecule has 2 N–H and O–H groups in total. The van der Waals surface area contributed by atoms with Crippen LogP contribution in [0, 0.1) is 12.7 Å². The van der Waals surface area contributed by atoms with Gasteiger partial charge in [0.05, 0.1) is 24.0 Å². The van der Waals surface area contributed by atoms with Gasteiger partial charge in [0.2, 0.25) is 0 Å². The Bertz CT molecular complexity index is 612. The summed E-state index contributed by atoms with van der Waals surface area (Å²) in [5, 5.41) is 9.26. The fourth-order valence-electron chi connectivity index (χ4n) is 1.68. The molecule has 0 spiro atoms. The highest BCUT2D eigenvalue weighted by Gasteiger charge is 2.14. The van der Waals surface area contributed by atoms with Gasteiger partial charge in [-0.1, -0.05) is 5.16 Å². The van der Waals surface area contributed by atoms with Crippen molar-refractivity contribution in [2.24, 2.45) is 0 Å². The fraction of sp³-hybridized carbons (Fsp3) is 0.308. The summed E-state index contributed by atoms with van der Waals surface area (Å²) in [5.41, 5.74) is 0.887. The molecule has 0 fully saturated rings. The second-order valence-corrected chi connectivity index (χ2v) is 4.20. The van der Waals surface area contributed by atoms with Crippen molar-refractivity contribution in [3.8, 4) is 0 Å². The number of aromatic nitrogens is 2. The summed E-state index contributed by atoms with van der Waals surface area (Å²) in [6.45, 7) is 4.42. The highest BCUT2D eigenvalue weighted by Crippen LogP contribution is 2.13. The Hall–Kier alpha value is -2.44. The van der Waals surface area contributed by atoms with E-state index in [2.05, 4.69) is 20.8 Å². The second-order valence-electron chi connectivity index (χ2n) is 4.20. The normalized spacial score (nSPS) is 10.3. The van der Waals surface area contributed by atoms with Crippen LogP contribution in [0.1, 0.15) is 28.7 Å². The van der Waals surface area contributed by atoms with Gasteiger partial charge in [-0.3, -0.25) is 4.79 Å². The number of rotatable bonds is 5. The maximum atomic E-state index is 13.2. The first-order valence-corrected chi connectivity index (χ1v) is 6.20. The van der Waals surface area contributed by atoms with Crippen LogP contribution in [0.3, 0.4) is 0 Å². The van der Waals surface area contributed by atoms with Crippen molar-refractivity contribution in [1.82, 2.24) is 15.5 Å². The number of carbonyl (C=O) groups is 1. The Morgan fingerprint density at radius 2 is 2.25 bits per heavy atom. The van der Waals surface area contributed by atoms with Crippen LogP contribution < -0.4 is 10.6 Å². The molecule has 0 unspecified atom stereocenters. The number of pyridine rings is 1. The molecule has 7 heteroatoms. The van der Waals surface area contributed by atoms with Gasteiger partial charge >= 0.3 is 0 Å². The molecule has 2 heterocycles. The van der Waals surface area contributed by atoms with Crippen molar-refractivity contribution < 1.29 is 13.7 Å². The Balaban J connectivity index is 2.09. The third-order valence-corrected chi connectivity index (χ3v) is 2.54. The Labute approximate surface area is 115 Å². The zero-order chi connectivity index (χ0) is 14.5. The van der Waals surface area contributed by atoms with E-state index >= 15 is 0 Å². The van der Waals surface area contributed by atoms with Gasteiger partial charge in [-0.05, 0) is 19.9 Å². The third kappa shape index (κ3) is 3.31. The lowest BCUT2D eigenvalue weighted by atomic mass is 10.2. The molecular formula is C13H15FN4O2. The summed E-state index contributed by atoms with van der Waals surface area (Å²) in [4.78, 5) is 15.9. The zero-order valence-electron chi connectivity index (χ0n) is 11.2. The molecule has 0 aliphatic heterocycles. The van der Waals surface area contributed by atoms with E-state index in [-0.39, 0.29) is 12.1 Å². The van der Waals surface area contributed by atoms with Crippen LogP contribution in [-0.2, 0) is 6.54 Å². The van der Waals surface area contributed by atoms with Gasteiger partial charge in [0.1, 0.15) is 11.6 Å². The molecule has 0 aliphatic rings. The molecule has 6 nitrogen and oxygen atoms in total. The van der Waals surface area contributed by atoms with E-state index in [9.17, 15) is 9.18 Å². The van der Waals surface area contributed by atoms with Gasteiger partial charge in [0.25, 0.3) is 5.91 Å². The standard InChI is InChI=1S/C13H15FN4O2/c1-3-15-12-11(5-9(14)6-16-12)13(19)17-7-10-4-8(2)18-20-10/h4-6H,3,7H2,1-2H3,(H,15,16)(H,17,19). The average Bonchev–Trinajstić information content (AvgIpc) is 2.84. The van der Waals surface area contributed by atoms with Crippen LogP contribution in [0.15, 0.2) is 22.9 Å². The van der Waals surface area contributed by atoms with E-state index in [1.165, 1.54) is 0 Å². The van der Waals surface area contributed by atoms with Gasteiger partial charge in [-0.2, -0.15) is 0 Å². The van der Waals surface area contributed by atoms with Gasteiger partial charge in [0.15, 0.2) is 5.76 Å². The van der Waals surface area contributed by atoms with Crippen molar-refractivity contribution >= 4 is 11.7 Å². The molecule has 0 bridgehead atoms. The van der Waals surface area contributed by atoms with Crippen LogP contribution in [0.2, 0.25) is 0 Å². The maximum absolute atomic E-state index is 13.2. The summed E-state index contributed by atoms with van der Waals surface area (Å²) >= 11 is 0. The molecule has 0 atom stereocenters. The molecule has 2 aromatic rings. The molecule has 0 saturated heterocycles. The van der Waals surface area contributed by atoms with Crippen LogP contribution in [0.25, 0.3) is 0 Å². The molecule has 2 aromatic heterocycles. The van der Waals surface area contributed by atoms with E-state index in [0.29, 0.717) is 18.1 Å². The van der Waals surface area contributed by atoms with Crippen LogP contribution in [-0.4, -0.2) is 22.6 Å². The number of amides is 1. The average molecular weight is 278 g/mol. The number of aryl methyl sites for hydroxylation is 1. The molecule has 0 saturated carbocycles. The molecule has 1 amide bonds. The molecule has 20 heavy (non-hydrogen) atoms. The minimum atomic E-state index is -0.563. The highest BCUT2D eigenvalue weighted by atomic mass is 19.1. The molecule has 0 aromatic carbocycles. The quantitative estimate of drug-likeness (QED) is 0.873. The van der Waals surface area contributed by atoms with Crippen molar-refractivity contribution in [3.05, 3.63) is 41.2 Å². The SMILES string of the molecule is CCNc1ncc(F)cc1C(=O)NCc1cc(C)no1. The van der Waals surface area contributed by atoms with Crippen molar-refractivity contribution in [2.75, 3.05) is 11.9 Å². The molecule has 2 rings (SSSR count). The topological polar surface area (TPSA) is 80.0 Å². The van der Waals surface area contributed by atoms with E-state index in [1.54, 1.807) is 13.0 Å². The molecular weight excluding hydrogens is 263 g/mol. The Morgan fingerprint density at radius 3 is 2.90 bits per heavy atom. The zero-order valence-corrected chi connectivity index (χ0v) is 11.2. The number of carbonyl (C=O) groups excluding carboxylic acids is 1. The Kier molecular flexibility index (Phi) is 4.29. The first-order valence-electron chi connectivity index (χ1n) is 6.20. The number of nitrogens with one attached hydrogen (secondary N) is 2. The lowest BCUT2D eigenvalue weighted by Crippen LogP contribution is -2.24. The van der Waals surface area contributed by atoms with Crippen molar-refractivity contribution in [2.45, 2.75) is 20.4 Å². The molecule has 0 radical (unpaired) electrons. The maximum Gasteiger partial charge on any atom is 0.255 e. The van der Waals surface area contributed by atoms with Gasteiger partial charge in [0, 0.05) is 12.6 Å². The monoisotopic (exact) mass is 278 g/mol. The van der Waals surface area contributed by atoms with Gasteiger partial charge in [-0.15, -0.1) is 0 Å². The van der Waals surface area contributed by atoms with Crippen molar-refractivity contribution in [1.29, 1.82) is 0 Å². The lowest BCUT2D eigenvalue weighted by Gasteiger charge is -2.09. The third-order valence-electron chi connectivity index (χ3n) is 2.54. The minimum absolute atomic E-state index is 0.156. The molecule has 106 valence electrons. The molecule has 0 aliphatic carbocycles. The van der Waals surface area contributed by atoms with E-state index in [4.69, 9.17) is 4.52 Å². The van der Waals surface area contributed by atoms with Gasteiger partial charge in [-0.25, -0.2) is 9.37 Å². The Morgan fingerprint density at radius 1 is 1.45 bits per heavy atom. The summed E-state index contributed by atoms with van der Waals surface area (Å²) in [5.74, 6) is -0.111. The van der Waals surface area contributed by atoms with Gasteiger partial charge < -0.3 is 15.2 Å². The predicted octanol–water partition coefficient (Wildman–Crippen LogP) is 1.88. The number of hydrogen-bond acceptors (Lipinski definition) is 5. The fourth-order valence-corrected chi connectivity index (χ4v) is 1.68. The van der Waals surface area contributed by atoms with Crippen LogP contribution in [0.4, 0.5) is 10.2 Å². The van der Waals surface area contributed by atoms with E-state index in [1.807, 2.05) is 6.92 Å². The summed E-state index contributed by atoms with van der Waals surface area (Å²) in [7, 11) is 0. The summed E-state index contributed by atoms with van der Waals surface area (Å²) < 4.78 is 18.2. The minimum Gasteiger partial charge on any atom is -0.370 e. The van der Waals surface area contributed by atoms with Crippen molar-refractivity contribution in [3.63, 3.8) is 0 Å². The van der Waals surface area contributed by atoms with E-state index in [0.717, 1.165) is 18.0 Å². The first kappa shape index (κ1) is 14.0. The summed E-state index contributed by atoms with van der Waals surface area (Å²) in [6.07, 6.45) is 1.06. The predicted molar refractivity (Wildman–Crippen MR) is 70.8 cm³/mol. The van der Waals surface area contributed by atoms with Crippen LogP contribution >= 0.6 is 0 Å².